The van der Waals surface area contributed by atoms with Gasteiger partial charge in [0, 0.05) is 13.1 Å². The van der Waals surface area contributed by atoms with Crippen molar-refractivity contribution in [2.24, 2.45) is 0 Å². The van der Waals surface area contributed by atoms with Crippen molar-refractivity contribution in [2.45, 2.75) is 25.7 Å². The Morgan fingerprint density at radius 1 is 1.08 bits per heavy atom. The maximum atomic E-state index is 12.4. The lowest BCUT2D eigenvalue weighted by atomic mass is 10.1. The van der Waals surface area contributed by atoms with Crippen LogP contribution >= 0.6 is 0 Å². The molecule has 8 nitrogen and oxygen atoms in total. The summed E-state index contributed by atoms with van der Waals surface area (Å²) in [5.41, 5.74) is 5.24. The number of hydrogen-bond donors (Lipinski definition) is 3. The molecule has 1 heterocycles. The number of rotatable bonds is 3. The van der Waals surface area contributed by atoms with Crippen LogP contribution in [-0.4, -0.2) is 47.6 Å². The van der Waals surface area contributed by atoms with Crippen LogP contribution < -0.4 is 15.5 Å². The van der Waals surface area contributed by atoms with Gasteiger partial charge in [-0.15, -0.1) is 0 Å². The Hall–Kier alpha value is -1.97. The molecule has 0 aromatic heterocycles. The van der Waals surface area contributed by atoms with Gasteiger partial charge in [0.05, 0.1) is 18.1 Å². The summed E-state index contributed by atoms with van der Waals surface area (Å²) in [6.07, 6.45) is 0. The van der Waals surface area contributed by atoms with Crippen molar-refractivity contribution in [3.05, 3.63) is 28.8 Å². The van der Waals surface area contributed by atoms with Crippen LogP contribution in [0.5, 0.6) is 0 Å². The number of urea groups is 2. The minimum absolute atomic E-state index is 0.516. The molecule has 0 aliphatic carbocycles. The third-order valence-electron chi connectivity index (χ3n) is 3.47. The number of morpholine rings is 1. The summed E-state index contributed by atoms with van der Waals surface area (Å²) < 4.78 is 19.8. The Morgan fingerprint density at radius 2 is 1.67 bits per heavy atom. The number of carbonyl (C=O) groups excluding carboxylic acids is 2. The number of hydrogen-bond acceptors (Lipinski definition) is 5. The highest BCUT2D eigenvalue weighted by atomic mass is 32.2. The van der Waals surface area contributed by atoms with Crippen molar-refractivity contribution in [1.82, 2.24) is 20.5 Å². The quantitative estimate of drug-likeness (QED) is 0.749. The van der Waals surface area contributed by atoms with E-state index in [2.05, 4.69) is 15.5 Å². The summed E-state index contributed by atoms with van der Waals surface area (Å²) in [7, 11) is -1.74. The van der Waals surface area contributed by atoms with Crippen molar-refractivity contribution in [3.63, 3.8) is 0 Å². The molecule has 0 bridgehead atoms. The predicted octanol–water partition coefficient (Wildman–Crippen LogP) is 0.890. The molecule has 1 atom stereocenters. The highest BCUT2D eigenvalue weighted by Crippen LogP contribution is 2.19. The molecule has 1 fully saturated rings. The van der Waals surface area contributed by atoms with E-state index in [1.165, 1.54) is 0 Å². The van der Waals surface area contributed by atoms with Gasteiger partial charge in [-0.25, -0.2) is 18.8 Å². The molecule has 24 heavy (non-hydrogen) atoms. The normalized spacial score (nSPS) is 16.3. The standard InChI is InChI=1S/C15H22N4O4S/c1-10-8-11(2)13(12(3)9-10)24(22)18-15(21)16-14(20)17-19-4-6-23-7-5-19/h8-9H,4-7H2,1-3H3,(H3,16,17,18,20,21). The minimum atomic E-state index is -1.74. The third-order valence-corrected chi connectivity index (χ3v) is 4.86. The summed E-state index contributed by atoms with van der Waals surface area (Å²) in [5.74, 6) is 0. The summed E-state index contributed by atoms with van der Waals surface area (Å²) in [6.45, 7) is 7.73. The molecule has 0 spiro atoms. The molecule has 0 radical (unpaired) electrons. The van der Waals surface area contributed by atoms with Gasteiger partial charge in [0.15, 0.2) is 11.0 Å². The van der Waals surface area contributed by atoms with E-state index in [-0.39, 0.29) is 0 Å². The van der Waals surface area contributed by atoms with E-state index >= 15 is 0 Å². The van der Waals surface area contributed by atoms with Crippen LogP contribution in [0.2, 0.25) is 0 Å². The van der Waals surface area contributed by atoms with Crippen molar-refractivity contribution in [2.75, 3.05) is 26.3 Å². The van der Waals surface area contributed by atoms with Crippen LogP contribution in [0.3, 0.4) is 0 Å². The molecule has 9 heteroatoms. The number of nitrogens with one attached hydrogen (secondary N) is 3. The van der Waals surface area contributed by atoms with E-state index in [4.69, 9.17) is 4.74 Å². The Balaban J connectivity index is 1.89. The topological polar surface area (TPSA) is 99.8 Å². The van der Waals surface area contributed by atoms with Crippen molar-refractivity contribution >= 4 is 23.0 Å². The average molecular weight is 354 g/mol. The smallest absolute Gasteiger partial charge is 0.337 e. The summed E-state index contributed by atoms with van der Waals surface area (Å²) in [4.78, 5) is 24.1. The summed E-state index contributed by atoms with van der Waals surface area (Å²) >= 11 is 0. The zero-order valence-electron chi connectivity index (χ0n) is 14.0. The van der Waals surface area contributed by atoms with E-state index in [1.54, 1.807) is 5.01 Å². The second kappa shape index (κ2) is 8.22. The second-order valence-electron chi connectivity index (χ2n) is 5.59. The van der Waals surface area contributed by atoms with E-state index in [9.17, 15) is 13.8 Å². The van der Waals surface area contributed by atoms with Crippen LogP contribution in [-0.2, 0) is 15.7 Å². The van der Waals surface area contributed by atoms with Crippen molar-refractivity contribution in [1.29, 1.82) is 0 Å². The number of amides is 4. The Bertz CT molecular complexity index is 636. The van der Waals surface area contributed by atoms with Crippen LogP contribution in [0.4, 0.5) is 9.59 Å². The molecule has 2 rings (SSSR count). The van der Waals surface area contributed by atoms with Crippen LogP contribution in [0.25, 0.3) is 0 Å². The molecule has 1 aliphatic rings. The third kappa shape index (κ3) is 5.02. The molecular formula is C15H22N4O4S. The van der Waals surface area contributed by atoms with Gasteiger partial charge < -0.3 is 4.74 Å². The van der Waals surface area contributed by atoms with Gasteiger partial charge in [0.1, 0.15) is 0 Å². The first-order chi connectivity index (χ1) is 11.4. The molecule has 3 N–H and O–H groups in total. The monoisotopic (exact) mass is 354 g/mol. The van der Waals surface area contributed by atoms with E-state index in [0.717, 1.165) is 16.7 Å². The first kappa shape index (κ1) is 18.4. The molecule has 1 unspecified atom stereocenters. The number of carbonyl (C=O) groups is 2. The molecule has 132 valence electrons. The fourth-order valence-corrected chi connectivity index (χ4v) is 3.59. The molecular weight excluding hydrogens is 332 g/mol. The first-order valence-corrected chi connectivity index (χ1v) is 8.72. The molecule has 1 aromatic rings. The van der Waals surface area contributed by atoms with Gasteiger partial charge in [0.2, 0.25) is 0 Å². The van der Waals surface area contributed by atoms with Gasteiger partial charge in [-0.1, -0.05) is 17.7 Å². The number of aryl methyl sites for hydroxylation is 3. The van der Waals surface area contributed by atoms with Gasteiger partial charge in [0.25, 0.3) is 0 Å². The number of ether oxygens (including phenoxy) is 1. The lowest BCUT2D eigenvalue weighted by molar-refractivity contribution is 0.0198. The van der Waals surface area contributed by atoms with Gasteiger partial charge in [-0.05, 0) is 31.9 Å². The lowest BCUT2D eigenvalue weighted by Crippen LogP contribution is -2.54. The molecule has 4 amide bonds. The van der Waals surface area contributed by atoms with E-state index in [0.29, 0.717) is 31.2 Å². The fraction of sp³-hybridized carbons (Fsp3) is 0.467. The maximum absolute atomic E-state index is 12.4. The molecule has 1 aromatic carbocycles. The summed E-state index contributed by atoms with van der Waals surface area (Å²) in [6, 6.07) is 2.29. The maximum Gasteiger partial charge on any atom is 0.337 e. The highest BCUT2D eigenvalue weighted by molar-refractivity contribution is 7.83. The largest absolute Gasteiger partial charge is 0.379 e. The molecule has 1 saturated heterocycles. The van der Waals surface area contributed by atoms with Gasteiger partial charge in [-0.2, -0.15) is 0 Å². The zero-order valence-corrected chi connectivity index (χ0v) is 14.8. The molecule has 1 aliphatic heterocycles. The SMILES string of the molecule is Cc1cc(C)c(S(=O)NC(=O)NC(=O)NN2CCOCC2)c(C)c1. The van der Waals surface area contributed by atoms with Crippen LogP contribution in [0, 0.1) is 20.8 Å². The lowest BCUT2D eigenvalue weighted by Gasteiger charge is -2.26. The van der Waals surface area contributed by atoms with E-state index in [1.807, 2.05) is 32.9 Å². The minimum Gasteiger partial charge on any atom is -0.379 e. The molecule has 0 saturated carbocycles. The van der Waals surface area contributed by atoms with Gasteiger partial charge >= 0.3 is 12.1 Å². The predicted molar refractivity (Wildman–Crippen MR) is 89.7 cm³/mol. The van der Waals surface area contributed by atoms with Crippen LogP contribution in [0.15, 0.2) is 17.0 Å². The highest BCUT2D eigenvalue weighted by Gasteiger charge is 2.18. The average Bonchev–Trinajstić information content (AvgIpc) is 2.46. The number of benzene rings is 1. The Morgan fingerprint density at radius 3 is 2.25 bits per heavy atom. The number of hydrazine groups is 1. The van der Waals surface area contributed by atoms with Crippen molar-refractivity contribution < 1.29 is 18.5 Å². The number of imide groups is 1. The fourth-order valence-electron chi connectivity index (χ4n) is 2.57. The number of nitrogens with zero attached hydrogens (tertiary/aromatic N) is 1. The summed E-state index contributed by atoms with van der Waals surface area (Å²) in [5, 5.41) is 3.75. The van der Waals surface area contributed by atoms with Crippen LogP contribution in [0.1, 0.15) is 16.7 Å². The van der Waals surface area contributed by atoms with Crippen molar-refractivity contribution in [3.8, 4) is 0 Å². The Kier molecular flexibility index (Phi) is 6.29. The van der Waals surface area contributed by atoms with Gasteiger partial charge in [-0.3, -0.25) is 15.5 Å². The first-order valence-electron chi connectivity index (χ1n) is 7.57. The Labute approximate surface area is 143 Å². The second-order valence-corrected chi connectivity index (χ2v) is 6.74. The zero-order chi connectivity index (χ0) is 17.7. The van der Waals surface area contributed by atoms with E-state index < -0.39 is 23.0 Å².